The second kappa shape index (κ2) is 8.61. The van der Waals surface area contributed by atoms with Gasteiger partial charge in [-0.15, -0.1) is 0 Å². The molecule has 0 aromatic carbocycles. The van der Waals surface area contributed by atoms with Crippen molar-refractivity contribution in [1.82, 2.24) is 30.0 Å². The third kappa shape index (κ3) is 5.41. The summed E-state index contributed by atoms with van der Waals surface area (Å²) in [6.07, 6.45) is 1.03. The normalized spacial score (nSPS) is 16.3. The van der Waals surface area contributed by atoms with Crippen LogP contribution in [0.5, 0.6) is 0 Å². The lowest BCUT2D eigenvalue weighted by molar-refractivity contribution is 0.269. The van der Waals surface area contributed by atoms with Gasteiger partial charge in [0.15, 0.2) is 5.82 Å². The molecule has 0 bridgehead atoms. The van der Waals surface area contributed by atoms with Gasteiger partial charge in [-0.3, -0.25) is 4.90 Å². The van der Waals surface area contributed by atoms with Gasteiger partial charge in [0, 0.05) is 51.6 Å². The molecule has 0 atom stereocenters. The summed E-state index contributed by atoms with van der Waals surface area (Å²) in [4.78, 5) is 25.2. The Kier molecular flexibility index (Phi) is 6.36. The standard InChI is InChI=1S/C20H34N8O/c1-14(2)16-22-18(26(6)7)24-19(23-16)28-10-8-9-27(11-12-28)13-15-21-17(29-25-15)20(3,4)5/h14H,8-13H2,1-7H3. The molecule has 3 rings (SSSR count). The van der Waals surface area contributed by atoms with Crippen LogP contribution in [0.4, 0.5) is 11.9 Å². The minimum Gasteiger partial charge on any atom is -0.347 e. The zero-order valence-corrected chi connectivity index (χ0v) is 18.8. The van der Waals surface area contributed by atoms with E-state index in [9.17, 15) is 0 Å². The number of hydrogen-bond donors (Lipinski definition) is 0. The van der Waals surface area contributed by atoms with Crippen molar-refractivity contribution in [3.05, 3.63) is 17.5 Å². The van der Waals surface area contributed by atoms with Gasteiger partial charge in [0.05, 0.1) is 6.54 Å². The quantitative estimate of drug-likeness (QED) is 0.748. The summed E-state index contributed by atoms with van der Waals surface area (Å²) in [6, 6.07) is 0. The van der Waals surface area contributed by atoms with Crippen LogP contribution in [0.15, 0.2) is 4.52 Å². The maximum absolute atomic E-state index is 5.43. The fourth-order valence-electron chi connectivity index (χ4n) is 3.12. The summed E-state index contributed by atoms with van der Waals surface area (Å²) in [7, 11) is 3.92. The van der Waals surface area contributed by atoms with Crippen LogP contribution in [0, 0.1) is 0 Å². The van der Waals surface area contributed by atoms with Gasteiger partial charge in [-0.25, -0.2) is 0 Å². The second-order valence-electron chi connectivity index (χ2n) is 9.23. The molecule has 1 saturated heterocycles. The predicted molar refractivity (Wildman–Crippen MR) is 113 cm³/mol. The van der Waals surface area contributed by atoms with Gasteiger partial charge >= 0.3 is 0 Å². The van der Waals surface area contributed by atoms with E-state index in [4.69, 9.17) is 14.5 Å². The molecule has 2 aromatic rings. The highest BCUT2D eigenvalue weighted by atomic mass is 16.5. The van der Waals surface area contributed by atoms with Crippen LogP contribution in [-0.4, -0.2) is 70.3 Å². The summed E-state index contributed by atoms with van der Waals surface area (Å²) < 4.78 is 5.43. The van der Waals surface area contributed by atoms with Crippen LogP contribution in [0.2, 0.25) is 0 Å². The average Bonchev–Trinajstić information content (AvgIpc) is 3.00. The Morgan fingerprint density at radius 3 is 2.38 bits per heavy atom. The first-order chi connectivity index (χ1) is 13.6. The van der Waals surface area contributed by atoms with E-state index >= 15 is 0 Å². The molecule has 0 N–H and O–H groups in total. The highest BCUT2D eigenvalue weighted by Gasteiger charge is 2.24. The Morgan fingerprint density at radius 1 is 1.00 bits per heavy atom. The lowest BCUT2D eigenvalue weighted by atomic mass is 9.97. The molecule has 0 amide bonds. The van der Waals surface area contributed by atoms with Crippen molar-refractivity contribution in [1.29, 1.82) is 0 Å². The van der Waals surface area contributed by atoms with Gasteiger partial charge < -0.3 is 14.3 Å². The maximum Gasteiger partial charge on any atom is 0.232 e. The lowest BCUT2D eigenvalue weighted by Gasteiger charge is -2.23. The van der Waals surface area contributed by atoms with E-state index in [-0.39, 0.29) is 11.3 Å². The Balaban J connectivity index is 1.69. The van der Waals surface area contributed by atoms with Gasteiger partial charge in [0.2, 0.25) is 17.8 Å². The molecule has 0 spiro atoms. The number of aromatic nitrogens is 5. The molecule has 0 saturated carbocycles. The molecule has 2 aromatic heterocycles. The van der Waals surface area contributed by atoms with Gasteiger partial charge in [-0.2, -0.15) is 19.9 Å². The van der Waals surface area contributed by atoms with E-state index in [1.165, 1.54) is 0 Å². The Bertz CT molecular complexity index is 785. The van der Waals surface area contributed by atoms with Gasteiger partial charge in [-0.1, -0.05) is 39.8 Å². The molecule has 0 aliphatic carbocycles. The molecule has 1 aliphatic rings. The fraction of sp³-hybridized carbons (Fsp3) is 0.750. The van der Waals surface area contributed by atoms with E-state index in [0.29, 0.717) is 18.4 Å². The molecule has 160 valence electrons. The molecule has 29 heavy (non-hydrogen) atoms. The summed E-state index contributed by atoms with van der Waals surface area (Å²) in [5.41, 5.74) is -0.127. The summed E-state index contributed by atoms with van der Waals surface area (Å²) in [5, 5.41) is 4.17. The highest BCUT2D eigenvalue weighted by molar-refractivity contribution is 5.38. The van der Waals surface area contributed by atoms with Crippen molar-refractivity contribution in [3.63, 3.8) is 0 Å². The molecule has 1 fully saturated rings. The van der Waals surface area contributed by atoms with Crippen molar-refractivity contribution < 1.29 is 4.52 Å². The first kappa shape index (κ1) is 21.4. The Hall–Kier alpha value is -2.29. The minimum atomic E-state index is -0.127. The zero-order chi connectivity index (χ0) is 21.2. The fourth-order valence-corrected chi connectivity index (χ4v) is 3.12. The minimum absolute atomic E-state index is 0.127. The van der Waals surface area contributed by atoms with Gasteiger partial charge in [0.1, 0.15) is 5.82 Å². The van der Waals surface area contributed by atoms with E-state index < -0.39 is 0 Å². The van der Waals surface area contributed by atoms with Crippen LogP contribution in [-0.2, 0) is 12.0 Å². The molecule has 3 heterocycles. The molecule has 9 nitrogen and oxygen atoms in total. The van der Waals surface area contributed by atoms with Crippen LogP contribution in [0.25, 0.3) is 0 Å². The van der Waals surface area contributed by atoms with Crippen LogP contribution in [0.3, 0.4) is 0 Å². The molecule has 1 aliphatic heterocycles. The molecule has 0 unspecified atom stereocenters. The molecule has 9 heteroatoms. The first-order valence-corrected chi connectivity index (χ1v) is 10.4. The molecular formula is C20H34N8O. The topological polar surface area (TPSA) is 87.3 Å². The van der Waals surface area contributed by atoms with Crippen molar-refractivity contribution >= 4 is 11.9 Å². The van der Waals surface area contributed by atoms with Crippen molar-refractivity contribution in [2.45, 2.75) is 58.9 Å². The highest BCUT2D eigenvalue weighted by Crippen LogP contribution is 2.21. The van der Waals surface area contributed by atoms with Gasteiger partial charge in [-0.05, 0) is 6.42 Å². The Morgan fingerprint density at radius 2 is 1.76 bits per heavy atom. The second-order valence-corrected chi connectivity index (χ2v) is 9.23. The van der Waals surface area contributed by atoms with Crippen molar-refractivity contribution in [3.8, 4) is 0 Å². The smallest absolute Gasteiger partial charge is 0.232 e. The number of hydrogen-bond acceptors (Lipinski definition) is 9. The largest absolute Gasteiger partial charge is 0.347 e. The van der Waals surface area contributed by atoms with Crippen LogP contribution in [0.1, 0.15) is 64.5 Å². The van der Waals surface area contributed by atoms with Crippen LogP contribution >= 0.6 is 0 Å². The monoisotopic (exact) mass is 402 g/mol. The average molecular weight is 403 g/mol. The van der Waals surface area contributed by atoms with E-state index in [2.05, 4.69) is 59.5 Å². The Labute approximate surface area is 173 Å². The van der Waals surface area contributed by atoms with Crippen LogP contribution < -0.4 is 9.80 Å². The number of anilines is 2. The van der Waals surface area contributed by atoms with E-state index in [1.807, 2.05) is 19.0 Å². The third-order valence-corrected chi connectivity index (χ3v) is 4.89. The SMILES string of the molecule is CC(C)c1nc(N(C)C)nc(N2CCCN(Cc3noc(C(C)(C)C)n3)CC2)n1. The zero-order valence-electron chi connectivity index (χ0n) is 18.8. The molecular weight excluding hydrogens is 368 g/mol. The van der Waals surface area contributed by atoms with Crippen molar-refractivity contribution in [2.24, 2.45) is 0 Å². The predicted octanol–water partition coefficient (Wildman–Crippen LogP) is 2.45. The van der Waals surface area contributed by atoms with Crippen molar-refractivity contribution in [2.75, 3.05) is 50.1 Å². The summed E-state index contributed by atoms with van der Waals surface area (Å²) in [5.74, 6) is 4.01. The summed E-state index contributed by atoms with van der Waals surface area (Å²) in [6.45, 7) is 14.8. The number of nitrogens with zero attached hydrogens (tertiary/aromatic N) is 8. The first-order valence-electron chi connectivity index (χ1n) is 10.4. The lowest BCUT2D eigenvalue weighted by Crippen LogP contribution is -2.32. The number of rotatable bonds is 5. The van der Waals surface area contributed by atoms with Gasteiger partial charge in [0.25, 0.3) is 0 Å². The third-order valence-electron chi connectivity index (χ3n) is 4.89. The van der Waals surface area contributed by atoms with E-state index in [0.717, 1.165) is 50.2 Å². The molecule has 0 radical (unpaired) electrons. The maximum atomic E-state index is 5.43. The van der Waals surface area contributed by atoms with E-state index in [1.54, 1.807) is 0 Å². The summed E-state index contributed by atoms with van der Waals surface area (Å²) >= 11 is 0.